The summed E-state index contributed by atoms with van der Waals surface area (Å²) in [5, 5.41) is 22.5. The molecule has 9 heteroatoms. The summed E-state index contributed by atoms with van der Waals surface area (Å²) in [7, 11) is 0. The van der Waals surface area contributed by atoms with Gasteiger partial charge in [-0.05, 0) is 38.5 Å². The second kappa shape index (κ2) is 35.7. The van der Waals surface area contributed by atoms with Crippen LogP contribution in [0.4, 0.5) is 0 Å². The van der Waals surface area contributed by atoms with E-state index in [1.54, 1.807) is 0 Å². The molecule has 49 heavy (non-hydrogen) atoms. The molecule has 0 aliphatic rings. The number of hydrogen-bond donors (Lipinski definition) is 4. The van der Waals surface area contributed by atoms with Gasteiger partial charge in [-0.25, -0.2) is 4.79 Å². The lowest BCUT2D eigenvalue weighted by Crippen LogP contribution is -2.47. The highest BCUT2D eigenvalue weighted by atomic mass is 16.5. The Morgan fingerprint density at radius 3 is 1.33 bits per heavy atom. The maximum atomic E-state index is 12.7. The predicted molar refractivity (Wildman–Crippen MR) is 199 cm³/mol. The van der Waals surface area contributed by atoms with Crippen molar-refractivity contribution in [3.63, 3.8) is 0 Å². The molecule has 0 aliphatic carbocycles. The molecule has 2 atom stereocenters. The summed E-state index contributed by atoms with van der Waals surface area (Å²) in [5.74, 6) is -2.28. The Bertz CT molecular complexity index is 807. The lowest BCUT2D eigenvalue weighted by Gasteiger charge is -2.18. The fraction of sp³-hybridized carbons (Fsp3) is 0.900. The molecule has 4 N–H and O–H groups in total. The van der Waals surface area contributed by atoms with Gasteiger partial charge in [-0.1, -0.05) is 155 Å². The van der Waals surface area contributed by atoms with Gasteiger partial charge < -0.3 is 25.6 Å². The molecule has 0 aromatic carbocycles. The molecule has 9 nitrogen and oxygen atoms in total. The Labute approximate surface area is 299 Å². The maximum Gasteiger partial charge on any atom is 0.328 e. The number of unbranched alkanes of at least 4 members (excludes halogenated alkanes) is 23. The average molecular weight is 697 g/mol. The van der Waals surface area contributed by atoms with Crippen LogP contribution in [0.15, 0.2) is 0 Å². The van der Waals surface area contributed by atoms with E-state index in [0.29, 0.717) is 19.3 Å². The summed E-state index contributed by atoms with van der Waals surface area (Å²) >= 11 is 0. The summed E-state index contributed by atoms with van der Waals surface area (Å²) in [4.78, 5) is 47.3. The summed E-state index contributed by atoms with van der Waals surface area (Å²) in [5.41, 5.74) is 0. The molecule has 0 aromatic heterocycles. The van der Waals surface area contributed by atoms with Crippen LogP contribution in [0.2, 0.25) is 0 Å². The zero-order chi connectivity index (χ0) is 36.2. The second-order valence-electron chi connectivity index (χ2n) is 14.1. The summed E-state index contributed by atoms with van der Waals surface area (Å²) in [6.07, 6.45) is 34.2. The van der Waals surface area contributed by atoms with Gasteiger partial charge in [0.25, 0.3) is 0 Å². The Morgan fingerprint density at radius 1 is 0.531 bits per heavy atom. The second-order valence-corrected chi connectivity index (χ2v) is 14.1. The first-order valence-corrected chi connectivity index (χ1v) is 20.4. The molecule has 0 aromatic rings. The van der Waals surface area contributed by atoms with E-state index in [4.69, 9.17) is 14.9 Å². The Morgan fingerprint density at radius 2 is 0.918 bits per heavy atom. The van der Waals surface area contributed by atoms with Gasteiger partial charge in [0, 0.05) is 12.8 Å². The lowest BCUT2D eigenvalue weighted by molar-refractivity contribution is -0.150. The molecule has 0 radical (unpaired) electrons. The van der Waals surface area contributed by atoms with E-state index in [2.05, 4.69) is 24.5 Å². The number of aliphatic hydroxyl groups excluding tert-OH is 1. The van der Waals surface area contributed by atoms with Crippen LogP contribution in [0.1, 0.15) is 206 Å². The van der Waals surface area contributed by atoms with Crippen molar-refractivity contribution in [3.8, 4) is 0 Å². The van der Waals surface area contributed by atoms with E-state index in [-0.39, 0.29) is 24.5 Å². The van der Waals surface area contributed by atoms with E-state index in [1.165, 1.54) is 116 Å². The minimum Gasteiger partial charge on any atom is -0.480 e. The average Bonchev–Trinajstić information content (AvgIpc) is 3.08. The van der Waals surface area contributed by atoms with Gasteiger partial charge in [0.05, 0.1) is 13.2 Å². The molecular weight excluding hydrogens is 620 g/mol. The summed E-state index contributed by atoms with van der Waals surface area (Å²) < 4.78 is 5.99. The third-order valence-electron chi connectivity index (χ3n) is 9.35. The molecular formula is C40H76N2O7. The number of esters is 1. The van der Waals surface area contributed by atoms with Crippen molar-refractivity contribution >= 4 is 23.8 Å². The summed E-state index contributed by atoms with van der Waals surface area (Å²) in [6.45, 7) is 3.47. The fourth-order valence-electron chi connectivity index (χ4n) is 6.19. The minimum atomic E-state index is -1.38. The molecule has 0 saturated carbocycles. The molecule has 0 heterocycles. The monoisotopic (exact) mass is 697 g/mol. The minimum absolute atomic E-state index is 0.00160. The maximum absolute atomic E-state index is 12.7. The molecule has 0 saturated heterocycles. The number of carbonyl (C=O) groups excluding carboxylic acids is 3. The van der Waals surface area contributed by atoms with Crippen LogP contribution in [-0.4, -0.2) is 59.3 Å². The number of carboxylic acids is 1. The van der Waals surface area contributed by atoms with E-state index < -0.39 is 24.5 Å². The first-order chi connectivity index (χ1) is 23.8. The molecule has 0 spiro atoms. The van der Waals surface area contributed by atoms with Gasteiger partial charge in [0.15, 0.2) is 0 Å². The zero-order valence-corrected chi connectivity index (χ0v) is 31.7. The van der Waals surface area contributed by atoms with Crippen molar-refractivity contribution in [2.24, 2.45) is 0 Å². The molecule has 2 amide bonds. The van der Waals surface area contributed by atoms with Gasteiger partial charge >= 0.3 is 11.9 Å². The largest absolute Gasteiger partial charge is 0.480 e. The van der Waals surface area contributed by atoms with Gasteiger partial charge in [-0.2, -0.15) is 0 Å². The van der Waals surface area contributed by atoms with Crippen molar-refractivity contribution in [1.29, 1.82) is 0 Å². The number of hydrogen-bond acceptors (Lipinski definition) is 6. The van der Waals surface area contributed by atoms with Crippen molar-refractivity contribution in [2.45, 2.75) is 219 Å². The Hall–Kier alpha value is -2.16. The molecule has 0 aliphatic heterocycles. The number of nitrogens with one attached hydrogen (secondary N) is 2. The topological polar surface area (TPSA) is 142 Å². The first-order valence-electron chi connectivity index (χ1n) is 20.4. The number of carboxylic acid groups (broad SMARTS) is 1. The highest BCUT2D eigenvalue weighted by Crippen LogP contribution is 2.19. The third kappa shape index (κ3) is 32.8. The molecule has 0 rings (SSSR count). The standard InChI is InChI=1S/C40H76N2O7/c1-3-5-7-9-11-12-13-14-15-16-17-19-24-28-32-39(46)49-35(29-25-21-18-10-8-6-4-2)30-26-22-20-23-27-31-37(44)41-33-38(45)42-36(34-43)40(47)48/h35-36,43H,3-34H2,1-2H3,(H,41,44)(H,42,45)(H,47,48). The van der Waals surface area contributed by atoms with Gasteiger partial charge in [0.1, 0.15) is 12.1 Å². The normalized spacial score (nSPS) is 12.4. The highest BCUT2D eigenvalue weighted by Gasteiger charge is 2.19. The van der Waals surface area contributed by atoms with E-state index >= 15 is 0 Å². The van der Waals surface area contributed by atoms with Crippen LogP contribution in [0.3, 0.4) is 0 Å². The smallest absolute Gasteiger partial charge is 0.328 e. The van der Waals surface area contributed by atoms with Crippen LogP contribution in [0, 0.1) is 0 Å². The van der Waals surface area contributed by atoms with Crippen LogP contribution in [0.5, 0.6) is 0 Å². The van der Waals surface area contributed by atoms with Crippen molar-refractivity contribution < 1.29 is 34.1 Å². The number of rotatable bonds is 37. The van der Waals surface area contributed by atoms with Crippen LogP contribution in [0.25, 0.3) is 0 Å². The van der Waals surface area contributed by atoms with E-state index in [1.807, 2.05) is 0 Å². The molecule has 288 valence electrons. The zero-order valence-electron chi connectivity index (χ0n) is 31.7. The molecule has 0 fully saturated rings. The van der Waals surface area contributed by atoms with Crippen LogP contribution >= 0.6 is 0 Å². The van der Waals surface area contributed by atoms with Crippen molar-refractivity contribution in [2.75, 3.05) is 13.2 Å². The number of aliphatic hydroxyl groups is 1. The SMILES string of the molecule is CCCCCCCCCCCCCCCCC(=O)OC(CCCCCCCCC)CCCCCCCC(=O)NCC(=O)NC(CO)C(=O)O. The van der Waals surface area contributed by atoms with Crippen LogP contribution in [-0.2, 0) is 23.9 Å². The number of ether oxygens (including phenoxy) is 1. The first kappa shape index (κ1) is 46.8. The Balaban J connectivity index is 4.14. The highest BCUT2D eigenvalue weighted by molar-refractivity contribution is 5.87. The molecule has 0 bridgehead atoms. The number of carbonyl (C=O) groups is 4. The van der Waals surface area contributed by atoms with Gasteiger partial charge in [-0.3, -0.25) is 14.4 Å². The number of amides is 2. The van der Waals surface area contributed by atoms with Crippen molar-refractivity contribution in [1.82, 2.24) is 10.6 Å². The summed E-state index contributed by atoms with van der Waals surface area (Å²) in [6, 6.07) is -1.38. The quantitative estimate of drug-likeness (QED) is 0.0375. The van der Waals surface area contributed by atoms with Crippen molar-refractivity contribution in [3.05, 3.63) is 0 Å². The third-order valence-corrected chi connectivity index (χ3v) is 9.35. The molecule has 2 unspecified atom stereocenters. The predicted octanol–water partition coefficient (Wildman–Crippen LogP) is 9.32. The van der Waals surface area contributed by atoms with E-state index in [0.717, 1.165) is 57.8 Å². The van der Waals surface area contributed by atoms with E-state index in [9.17, 15) is 19.2 Å². The van der Waals surface area contributed by atoms with Gasteiger partial charge in [0.2, 0.25) is 11.8 Å². The van der Waals surface area contributed by atoms with Gasteiger partial charge in [-0.15, -0.1) is 0 Å². The Kier molecular flexibility index (Phi) is 34.1. The number of aliphatic carboxylic acids is 1. The van der Waals surface area contributed by atoms with Crippen LogP contribution < -0.4 is 10.6 Å². The lowest BCUT2D eigenvalue weighted by atomic mass is 10.0. The fourth-order valence-corrected chi connectivity index (χ4v) is 6.19.